The number of aromatic nitrogens is 1. The van der Waals surface area contributed by atoms with Crippen LogP contribution >= 0.6 is 0 Å². The van der Waals surface area contributed by atoms with Gasteiger partial charge >= 0.3 is 0 Å². The first kappa shape index (κ1) is 8.80. The summed E-state index contributed by atoms with van der Waals surface area (Å²) < 4.78 is 0. The number of aliphatic imine (C=N–C) groups is 1. The van der Waals surface area contributed by atoms with Crippen LogP contribution in [-0.2, 0) is 6.54 Å². The molecule has 5 heteroatoms. The van der Waals surface area contributed by atoms with Crippen molar-refractivity contribution in [2.75, 3.05) is 13.1 Å². The van der Waals surface area contributed by atoms with Crippen molar-refractivity contribution in [1.82, 2.24) is 15.6 Å². The molecule has 0 bridgehead atoms. The van der Waals surface area contributed by atoms with Crippen molar-refractivity contribution >= 4 is 5.96 Å². The fraction of sp³-hybridized carbons (Fsp3) is 0.333. The highest BCUT2D eigenvalue weighted by atomic mass is 16.1. The Hall–Kier alpha value is -1.78. The van der Waals surface area contributed by atoms with Crippen LogP contribution in [0.15, 0.2) is 28.1 Å². The Morgan fingerprint density at radius 1 is 1.57 bits per heavy atom. The quantitative estimate of drug-likeness (QED) is 0.587. The summed E-state index contributed by atoms with van der Waals surface area (Å²) in [6.45, 7) is 2.32. The Morgan fingerprint density at radius 2 is 2.50 bits per heavy atom. The highest BCUT2D eigenvalue weighted by Crippen LogP contribution is 1.92. The van der Waals surface area contributed by atoms with Crippen LogP contribution in [0, 0.1) is 0 Å². The van der Waals surface area contributed by atoms with Crippen molar-refractivity contribution < 1.29 is 0 Å². The molecule has 0 radical (unpaired) electrons. The molecule has 0 aromatic carbocycles. The lowest BCUT2D eigenvalue weighted by Crippen LogP contribution is -2.33. The zero-order valence-electron chi connectivity index (χ0n) is 7.71. The Kier molecular flexibility index (Phi) is 2.48. The van der Waals surface area contributed by atoms with Crippen molar-refractivity contribution in [3.05, 3.63) is 34.2 Å². The van der Waals surface area contributed by atoms with Gasteiger partial charge in [0.25, 0.3) is 0 Å². The summed E-state index contributed by atoms with van der Waals surface area (Å²) >= 11 is 0. The Bertz CT molecular complexity index is 396. The van der Waals surface area contributed by atoms with Crippen LogP contribution in [0.2, 0.25) is 0 Å². The molecule has 1 aromatic rings. The maximum atomic E-state index is 11.0. The molecule has 0 aliphatic carbocycles. The van der Waals surface area contributed by atoms with Gasteiger partial charge in [-0.3, -0.25) is 9.79 Å². The number of H-pyrrole nitrogens is 1. The molecule has 0 unspecified atom stereocenters. The van der Waals surface area contributed by atoms with Gasteiger partial charge in [0.05, 0.1) is 6.54 Å². The second-order valence-electron chi connectivity index (χ2n) is 3.07. The predicted octanol–water partition coefficient (Wildman–Crippen LogP) is -0.576. The minimum Gasteiger partial charge on any atom is -0.355 e. The average Bonchev–Trinajstić information content (AvgIpc) is 2.67. The molecule has 0 spiro atoms. The lowest BCUT2D eigenvalue weighted by molar-refractivity contribution is 0.863. The molecule has 5 nitrogen and oxygen atoms in total. The summed E-state index contributed by atoms with van der Waals surface area (Å²) in [5.41, 5.74) is 0.871. The van der Waals surface area contributed by atoms with Gasteiger partial charge in [0.2, 0.25) is 5.56 Å². The Labute approximate surface area is 81.3 Å². The molecule has 1 aliphatic rings. The smallest absolute Gasteiger partial charge is 0.248 e. The molecular formula is C9H12N4O. The summed E-state index contributed by atoms with van der Waals surface area (Å²) in [7, 11) is 0. The second-order valence-corrected chi connectivity index (χ2v) is 3.07. The Balaban J connectivity index is 1.94. The SMILES string of the molecule is O=c1cc(CNC2=NCCN2)cc[nH]1. The number of hydrogen-bond donors (Lipinski definition) is 3. The number of nitrogens with zero attached hydrogens (tertiary/aromatic N) is 1. The molecule has 2 heterocycles. The molecule has 14 heavy (non-hydrogen) atoms. The van der Waals surface area contributed by atoms with Crippen molar-refractivity contribution in [2.45, 2.75) is 6.54 Å². The van der Waals surface area contributed by atoms with Gasteiger partial charge in [0.1, 0.15) is 0 Å². The molecule has 2 rings (SSSR count). The standard InChI is InChI=1S/C9H12N4O/c14-8-5-7(1-2-10-8)6-13-9-11-3-4-12-9/h1-2,5H,3-4,6H2,(H,10,14)(H2,11,12,13). The van der Waals surface area contributed by atoms with E-state index < -0.39 is 0 Å². The van der Waals surface area contributed by atoms with E-state index in [4.69, 9.17) is 0 Å². The van der Waals surface area contributed by atoms with Crippen molar-refractivity contribution in [2.24, 2.45) is 4.99 Å². The molecule has 74 valence electrons. The summed E-state index contributed by atoms with van der Waals surface area (Å²) in [6, 6.07) is 3.44. The van der Waals surface area contributed by atoms with Gasteiger partial charge in [-0.15, -0.1) is 0 Å². The maximum Gasteiger partial charge on any atom is 0.248 e. The second kappa shape index (κ2) is 3.95. The molecule has 0 amide bonds. The van der Waals surface area contributed by atoms with Gasteiger partial charge in [0, 0.05) is 25.4 Å². The maximum absolute atomic E-state index is 11.0. The molecule has 0 fully saturated rings. The van der Waals surface area contributed by atoms with E-state index in [2.05, 4.69) is 20.6 Å². The highest BCUT2D eigenvalue weighted by molar-refractivity contribution is 5.81. The van der Waals surface area contributed by atoms with E-state index in [0.29, 0.717) is 6.54 Å². The molecule has 0 atom stereocenters. The van der Waals surface area contributed by atoms with E-state index in [0.717, 1.165) is 24.6 Å². The fourth-order valence-electron chi connectivity index (χ4n) is 1.30. The minimum atomic E-state index is -0.0781. The van der Waals surface area contributed by atoms with Crippen LogP contribution in [0.5, 0.6) is 0 Å². The van der Waals surface area contributed by atoms with Crippen LogP contribution in [0.1, 0.15) is 5.56 Å². The van der Waals surface area contributed by atoms with Crippen molar-refractivity contribution in [1.29, 1.82) is 0 Å². The largest absolute Gasteiger partial charge is 0.355 e. The zero-order valence-corrected chi connectivity index (χ0v) is 7.71. The first-order chi connectivity index (χ1) is 6.84. The topological polar surface area (TPSA) is 69.3 Å². The third-order valence-corrected chi connectivity index (χ3v) is 1.97. The van der Waals surface area contributed by atoms with Gasteiger partial charge in [-0.25, -0.2) is 0 Å². The number of guanidine groups is 1. The van der Waals surface area contributed by atoms with Gasteiger partial charge in [-0.1, -0.05) is 0 Å². The third-order valence-electron chi connectivity index (χ3n) is 1.97. The summed E-state index contributed by atoms with van der Waals surface area (Å²) in [5.74, 6) is 0.810. The summed E-state index contributed by atoms with van der Waals surface area (Å²) in [6.07, 6.45) is 1.64. The lowest BCUT2D eigenvalue weighted by atomic mass is 10.3. The molecular weight excluding hydrogens is 180 g/mol. The third kappa shape index (κ3) is 2.12. The molecule has 0 saturated heterocycles. The van der Waals surface area contributed by atoms with Crippen LogP contribution < -0.4 is 16.2 Å². The molecule has 0 saturated carbocycles. The van der Waals surface area contributed by atoms with Gasteiger partial charge in [0.15, 0.2) is 5.96 Å². The lowest BCUT2D eigenvalue weighted by Gasteiger charge is -2.05. The first-order valence-electron chi connectivity index (χ1n) is 4.54. The van der Waals surface area contributed by atoms with E-state index in [1.54, 1.807) is 12.3 Å². The monoisotopic (exact) mass is 192 g/mol. The predicted molar refractivity (Wildman–Crippen MR) is 54.2 cm³/mol. The van der Waals surface area contributed by atoms with Gasteiger partial charge in [-0.05, 0) is 11.6 Å². The highest BCUT2D eigenvalue weighted by Gasteiger charge is 2.03. The van der Waals surface area contributed by atoms with E-state index >= 15 is 0 Å². The Morgan fingerprint density at radius 3 is 3.21 bits per heavy atom. The summed E-state index contributed by atoms with van der Waals surface area (Å²) in [5, 5.41) is 6.21. The normalized spacial score (nSPS) is 14.7. The first-order valence-corrected chi connectivity index (χ1v) is 4.54. The minimum absolute atomic E-state index is 0.0781. The van der Waals surface area contributed by atoms with Crippen LogP contribution in [-0.4, -0.2) is 24.0 Å². The van der Waals surface area contributed by atoms with Crippen molar-refractivity contribution in [3.63, 3.8) is 0 Å². The zero-order chi connectivity index (χ0) is 9.80. The number of aromatic amines is 1. The van der Waals surface area contributed by atoms with E-state index in [1.807, 2.05) is 6.07 Å². The van der Waals surface area contributed by atoms with E-state index in [1.165, 1.54) is 0 Å². The number of rotatable bonds is 2. The summed E-state index contributed by atoms with van der Waals surface area (Å²) in [4.78, 5) is 17.7. The van der Waals surface area contributed by atoms with Crippen LogP contribution in [0.3, 0.4) is 0 Å². The van der Waals surface area contributed by atoms with Crippen LogP contribution in [0.4, 0.5) is 0 Å². The van der Waals surface area contributed by atoms with Gasteiger partial charge < -0.3 is 15.6 Å². The van der Waals surface area contributed by atoms with E-state index in [-0.39, 0.29) is 5.56 Å². The van der Waals surface area contributed by atoms with Crippen molar-refractivity contribution in [3.8, 4) is 0 Å². The average molecular weight is 192 g/mol. The molecule has 1 aromatic heterocycles. The molecule has 1 aliphatic heterocycles. The van der Waals surface area contributed by atoms with E-state index in [9.17, 15) is 4.79 Å². The fourth-order valence-corrected chi connectivity index (χ4v) is 1.30. The number of pyridine rings is 1. The molecule has 3 N–H and O–H groups in total. The van der Waals surface area contributed by atoms with Gasteiger partial charge in [-0.2, -0.15) is 0 Å². The number of nitrogens with one attached hydrogen (secondary N) is 3. The van der Waals surface area contributed by atoms with Crippen LogP contribution in [0.25, 0.3) is 0 Å². The number of hydrogen-bond acceptors (Lipinski definition) is 4.